The van der Waals surface area contributed by atoms with E-state index in [9.17, 15) is 9.59 Å². The van der Waals surface area contributed by atoms with E-state index in [0.29, 0.717) is 38.4 Å². The molecule has 1 N–H and O–H groups in total. The molecule has 1 rings (SSSR count). The Morgan fingerprint density at radius 3 is 2.87 bits per heavy atom. The first-order chi connectivity index (χ1) is 7.09. The van der Waals surface area contributed by atoms with Gasteiger partial charge in [0.05, 0.1) is 0 Å². The summed E-state index contributed by atoms with van der Waals surface area (Å²) in [7, 11) is 0. The fraction of sp³-hybridized carbons (Fsp3) is 0.818. The van der Waals surface area contributed by atoms with Crippen molar-refractivity contribution < 1.29 is 9.59 Å². The van der Waals surface area contributed by atoms with E-state index < -0.39 is 0 Å². The highest BCUT2D eigenvalue weighted by Crippen LogP contribution is 2.07. The van der Waals surface area contributed by atoms with E-state index in [2.05, 4.69) is 19.2 Å². The van der Waals surface area contributed by atoms with Crippen LogP contribution in [0.2, 0.25) is 0 Å². The Balaban J connectivity index is 2.35. The van der Waals surface area contributed by atoms with Crippen LogP contribution < -0.4 is 5.32 Å². The third kappa shape index (κ3) is 4.32. The molecule has 86 valence electrons. The predicted molar refractivity (Wildman–Crippen MR) is 58.3 cm³/mol. The van der Waals surface area contributed by atoms with Crippen molar-refractivity contribution in [3.8, 4) is 0 Å². The van der Waals surface area contributed by atoms with Crippen molar-refractivity contribution in [3.05, 3.63) is 0 Å². The largest absolute Gasteiger partial charge is 0.354 e. The first-order valence-electron chi connectivity index (χ1n) is 5.64. The lowest BCUT2D eigenvalue weighted by Crippen LogP contribution is -2.34. The first-order valence-corrected chi connectivity index (χ1v) is 5.64. The number of nitrogens with zero attached hydrogens (tertiary/aromatic N) is 1. The van der Waals surface area contributed by atoms with Crippen molar-refractivity contribution in [2.45, 2.75) is 33.1 Å². The Morgan fingerprint density at radius 1 is 1.47 bits per heavy atom. The fourth-order valence-electron chi connectivity index (χ4n) is 1.59. The lowest BCUT2D eigenvalue weighted by Gasteiger charge is -2.19. The lowest BCUT2D eigenvalue weighted by atomic mass is 10.1. The molecular weight excluding hydrogens is 192 g/mol. The van der Waals surface area contributed by atoms with Gasteiger partial charge in [0.15, 0.2) is 0 Å². The molecule has 0 aromatic carbocycles. The summed E-state index contributed by atoms with van der Waals surface area (Å²) < 4.78 is 0. The number of nitrogens with one attached hydrogen (secondary N) is 1. The highest BCUT2D eigenvalue weighted by atomic mass is 16.2. The van der Waals surface area contributed by atoms with Gasteiger partial charge in [0.2, 0.25) is 11.8 Å². The van der Waals surface area contributed by atoms with Crippen LogP contribution in [0.1, 0.15) is 33.1 Å². The van der Waals surface area contributed by atoms with Crippen LogP contribution in [-0.2, 0) is 9.59 Å². The van der Waals surface area contributed by atoms with Gasteiger partial charge in [-0.05, 0) is 12.3 Å². The van der Waals surface area contributed by atoms with E-state index >= 15 is 0 Å². The van der Waals surface area contributed by atoms with E-state index in [1.165, 1.54) is 0 Å². The number of carbonyl (C=O) groups excluding carboxylic acids is 2. The Bertz CT molecular complexity index is 239. The first kappa shape index (κ1) is 12.0. The second kappa shape index (κ2) is 5.73. The summed E-state index contributed by atoms with van der Waals surface area (Å²) in [5, 5.41) is 2.76. The van der Waals surface area contributed by atoms with E-state index in [1.807, 2.05) is 0 Å². The Morgan fingerprint density at radius 2 is 2.20 bits per heavy atom. The van der Waals surface area contributed by atoms with Crippen LogP contribution in [0.25, 0.3) is 0 Å². The highest BCUT2D eigenvalue weighted by molar-refractivity contribution is 5.80. The molecule has 2 amide bonds. The molecule has 0 unspecified atom stereocenters. The number of carbonyl (C=O) groups is 2. The number of hydrogen-bond acceptors (Lipinski definition) is 2. The second-order valence-corrected chi connectivity index (χ2v) is 4.41. The standard InChI is InChI=1S/C11H20N2O2/c1-9(2)3-4-11(15)13-7-5-10(14)12-6-8-13/h9H,3-8H2,1-2H3,(H,12,14). The number of rotatable bonds is 3. The van der Waals surface area contributed by atoms with Crippen LogP contribution in [-0.4, -0.2) is 36.3 Å². The molecule has 1 saturated heterocycles. The summed E-state index contributed by atoms with van der Waals surface area (Å²) in [6.45, 7) is 6.04. The highest BCUT2D eigenvalue weighted by Gasteiger charge is 2.17. The fourth-order valence-corrected chi connectivity index (χ4v) is 1.59. The molecule has 15 heavy (non-hydrogen) atoms. The lowest BCUT2D eigenvalue weighted by molar-refractivity contribution is -0.131. The average Bonchev–Trinajstić information content (AvgIpc) is 2.39. The van der Waals surface area contributed by atoms with Gasteiger partial charge in [-0.3, -0.25) is 9.59 Å². The molecule has 0 spiro atoms. The van der Waals surface area contributed by atoms with Gasteiger partial charge in [-0.1, -0.05) is 13.8 Å². The smallest absolute Gasteiger partial charge is 0.222 e. The van der Waals surface area contributed by atoms with E-state index in [4.69, 9.17) is 0 Å². The third-order valence-electron chi connectivity index (χ3n) is 2.60. The van der Waals surface area contributed by atoms with Crippen molar-refractivity contribution in [1.82, 2.24) is 10.2 Å². The molecule has 1 aliphatic heterocycles. The van der Waals surface area contributed by atoms with Gasteiger partial charge in [0.25, 0.3) is 0 Å². The number of hydrogen-bond donors (Lipinski definition) is 1. The van der Waals surface area contributed by atoms with Gasteiger partial charge in [0, 0.05) is 32.5 Å². The molecule has 0 aliphatic carbocycles. The van der Waals surface area contributed by atoms with Crippen LogP contribution in [0.5, 0.6) is 0 Å². The zero-order chi connectivity index (χ0) is 11.3. The van der Waals surface area contributed by atoms with Gasteiger partial charge in [-0.2, -0.15) is 0 Å². The molecule has 1 fully saturated rings. The number of amides is 2. The molecule has 4 heteroatoms. The minimum Gasteiger partial charge on any atom is -0.354 e. The normalized spacial score (nSPS) is 17.5. The molecular formula is C11H20N2O2. The summed E-state index contributed by atoms with van der Waals surface area (Å²) in [6.07, 6.45) is 1.97. The third-order valence-corrected chi connectivity index (χ3v) is 2.60. The van der Waals surface area contributed by atoms with Crippen molar-refractivity contribution >= 4 is 11.8 Å². The zero-order valence-electron chi connectivity index (χ0n) is 9.58. The maximum atomic E-state index is 11.7. The molecule has 0 radical (unpaired) electrons. The monoisotopic (exact) mass is 212 g/mol. The zero-order valence-corrected chi connectivity index (χ0v) is 9.58. The van der Waals surface area contributed by atoms with Crippen molar-refractivity contribution in [1.29, 1.82) is 0 Å². The molecule has 0 aromatic heterocycles. The van der Waals surface area contributed by atoms with Crippen LogP contribution >= 0.6 is 0 Å². The molecule has 0 saturated carbocycles. The SMILES string of the molecule is CC(C)CCC(=O)N1CCNC(=O)CC1. The van der Waals surface area contributed by atoms with Gasteiger partial charge < -0.3 is 10.2 Å². The quantitative estimate of drug-likeness (QED) is 0.751. The van der Waals surface area contributed by atoms with Crippen molar-refractivity contribution in [2.75, 3.05) is 19.6 Å². The topological polar surface area (TPSA) is 49.4 Å². The maximum Gasteiger partial charge on any atom is 0.222 e. The minimum atomic E-state index is 0.0501. The predicted octanol–water partition coefficient (Wildman–Crippen LogP) is 0.771. The van der Waals surface area contributed by atoms with Crippen LogP contribution in [0.4, 0.5) is 0 Å². The summed E-state index contributed by atoms with van der Waals surface area (Å²) in [6, 6.07) is 0. The van der Waals surface area contributed by atoms with Crippen LogP contribution in [0.3, 0.4) is 0 Å². The van der Waals surface area contributed by atoms with Gasteiger partial charge >= 0.3 is 0 Å². The molecule has 1 aliphatic rings. The van der Waals surface area contributed by atoms with Gasteiger partial charge in [0.1, 0.15) is 0 Å². The molecule has 4 nitrogen and oxygen atoms in total. The Kier molecular flexibility index (Phi) is 4.59. The van der Waals surface area contributed by atoms with E-state index in [-0.39, 0.29) is 11.8 Å². The molecule has 1 heterocycles. The summed E-state index contributed by atoms with van der Waals surface area (Å²) in [4.78, 5) is 24.6. The van der Waals surface area contributed by atoms with E-state index in [1.54, 1.807) is 4.90 Å². The minimum absolute atomic E-state index is 0.0501. The molecule has 0 aromatic rings. The van der Waals surface area contributed by atoms with Crippen LogP contribution in [0.15, 0.2) is 0 Å². The van der Waals surface area contributed by atoms with Crippen molar-refractivity contribution in [3.63, 3.8) is 0 Å². The van der Waals surface area contributed by atoms with Crippen molar-refractivity contribution in [2.24, 2.45) is 5.92 Å². The van der Waals surface area contributed by atoms with E-state index in [0.717, 1.165) is 6.42 Å². The Hall–Kier alpha value is -1.06. The second-order valence-electron chi connectivity index (χ2n) is 4.41. The Labute approximate surface area is 91.0 Å². The average molecular weight is 212 g/mol. The maximum absolute atomic E-state index is 11.7. The molecule has 0 atom stereocenters. The van der Waals surface area contributed by atoms with Gasteiger partial charge in [-0.15, -0.1) is 0 Å². The van der Waals surface area contributed by atoms with Gasteiger partial charge in [-0.25, -0.2) is 0 Å². The summed E-state index contributed by atoms with van der Waals surface area (Å²) >= 11 is 0. The summed E-state index contributed by atoms with van der Waals surface area (Å²) in [5.74, 6) is 0.787. The van der Waals surface area contributed by atoms with Crippen LogP contribution in [0, 0.1) is 5.92 Å². The summed E-state index contributed by atoms with van der Waals surface area (Å²) in [5.41, 5.74) is 0. The molecule has 0 bridgehead atoms.